The Kier molecular flexibility index (Phi) is 6.49. The van der Waals surface area contributed by atoms with Gasteiger partial charge >= 0.3 is 0 Å². The summed E-state index contributed by atoms with van der Waals surface area (Å²) >= 11 is 0. The molecule has 1 unspecified atom stereocenters. The number of likely N-dealkylation sites (N-methyl/N-ethyl adjacent to an activating group) is 1. The molecule has 0 aliphatic carbocycles. The van der Waals surface area contributed by atoms with Crippen molar-refractivity contribution in [2.45, 2.75) is 26.4 Å². The van der Waals surface area contributed by atoms with E-state index in [0.29, 0.717) is 6.04 Å². The molecule has 1 saturated heterocycles. The van der Waals surface area contributed by atoms with Gasteiger partial charge in [0.25, 0.3) is 0 Å². The molecule has 4 nitrogen and oxygen atoms in total. The largest absolute Gasteiger partial charge is 0.492 e. The van der Waals surface area contributed by atoms with Gasteiger partial charge in [0.05, 0.1) is 0 Å². The molecule has 1 heterocycles. The van der Waals surface area contributed by atoms with E-state index in [9.17, 15) is 0 Å². The molecule has 0 amide bonds. The predicted molar refractivity (Wildman–Crippen MR) is 87.8 cm³/mol. The Balaban J connectivity index is 1.75. The van der Waals surface area contributed by atoms with Crippen LogP contribution in [0.1, 0.15) is 19.4 Å². The fraction of sp³-hybridized carbons (Fsp3) is 0.647. The van der Waals surface area contributed by atoms with Crippen molar-refractivity contribution in [2.24, 2.45) is 0 Å². The van der Waals surface area contributed by atoms with Gasteiger partial charge in [0, 0.05) is 38.8 Å². The second kappa shape index (κ2) is 8.37. The molecule has 4 heteroatoms. The molecule has 0 radical (unpaired) electrons. The molecule has 0 bridgehead atoms. The average Bonchev–Trinajstić information content (AvgIpc) is 2.48. The SMILES string of the molecule is CCNCc1cccc(OCCN2CCN(C)CC2C)c1. The van der Waals surface area contributed by atoms with Gasteiger partial charge in [0.1, 0.15) is 12.4 Å². The van der Waals surface area contributed by atoms with Gasteiger partial charge in [-0.2, -0.15) is 0 Å². The van der Waals surface area contributed by atoms with Crippen molar-refractivity contribution in [3.05, 3.63) is 29.8 Å². The van der Waals surface area contributed by atoms with E-state index < -0.39 is 0 Å². The van der Waals surface area contributed by atoms with Crippen LogP contribution in [-0.2, 0) is 6.54 Å². The third-order valence-electron chi connectivity index (χ3n) is 4.09. The Hall–Kier alpha value is -1.10. The standard InChI is InChI=1S/C17H29N3O/c1-4-18-13-16-6-5-7-17(12-16)21-11-10-20-9-8-19(3)14-15(20)2/h5-7,12,15,18H,4,8-11,13-14H2,1-3H3. The number of hydrogen-bond acceptors (Lipinski definition) is 4. The molecular weight excluding hydrogens is 262 g/mol. The molecule has 0 aromatic heterocycles. The van der Waals surface area contributed by atoms with Crippen molar-refractivity contribution in [1.82, 2.24) is 15.1 Å². The monoisotopic (exact) mass is 291 g/mol. The Morgan fingerprint density at radius 3 is 2.95 bits per heavy atom. The Labute approximate surface area is 129 Å². The maximum Gasteiger partial charge on any atom is 0.119 e. The minimum atomic E-state index is 0.618. The van der Waals surface area contributed by atoms with Crippen molar-refractivity contribution >= 4 is 0 Å². The summed E-state index contributed by atoms with van der Waals surface area (Å²) in [6.07, 6.45) is 0. The lowest BCUT2D eigenvalue weighted by Crippen LogP contribution is -2.51. The van der Waals surface area contributed by atoms with Gasteiger partial charge in [0.2, 0.25) is 0 Å². The number of rotatable bonds is 7. The first-order chi connectivity index (χ1) is 10.2. The van der Waals surface area contributed by atoms with Crippen LogP contribution < -0.4 is 10.1 Å². The van der Waals surface area contributed by atoms with Gasteiger partial charge in [0.15, 0.2) is 0 Å². The summed E-state index contributed by atoms with van der Waals surface area (Å²) in [5.74, 6) is 0.979. The smallest absolute Gasteiger partial charge is 0.119 e. The second-order valence-corrected chi connectivity index (χ2v) is 5.92. The van der Waals surface area contributed by atoms with Crippen LogP contribution in [0.3, 0.4) is 0 Å². The molecule has 118 valence electrons. The van der Waals surface area contributed by atoms with Crippen LogP contribution in [0.5, 0.6) is 5.75 Å². The summed E-state index contributed by atoms with van der Waals surface area (Å²) in [7, 11) is 2.19. The maximum atomic E-state index is 5.92. The van der Waals surface area contributed by atoms with Crippen LogP contribution in [0.25, 0.3) is 0 Å². The number of benzene rings is 1. The third kappa shape index (κ3) is 5.30. The molecule has 1 atom stereocenters. The van der Waals surface area contributed by atoms with Crippen LogP contribution in [-0.4, -0.2) is 62.2 Å². The first-order valence-corrected chi connectivity index (χ1v) is 8.04. The van der Waals surface area contributed by atoms with Crippen molar-refractivity contribution in [3.63, 3.8) is 0 Å². The zero-order chi connectivity index (χ0) is 15.1. The zero-order valence-corrected chi connectivity index (χ0v) is 13.6. The van der Waals surface area contributed by atoms with E-state index in [1.807, 2.05) is 6.07 Å². The minimum Gasteiger partial charge on any atom is -0.492 e. The lowest BCUT2D eigenvalue weighted by molar-refractivity contribution is 0.0858. The van der Waals surface area contributed by atoms with E-state index >= 15 is 0 Å². The molecule has 1 N–H and O–H groups in total. The zero-order valence-electron chi connectivity index (χ0n) is 13.6. The van der Waals surface area contributed by atoms with Crippen molar-refractivity contribution in [1.29, 1.82) is 0 Å². The molecule has 0 saturated carbocycles. The first kappa shape index (κ1) is 16.3. The summed E-state index contributed by atoms with van der Waals surface area (Å²) < 4.78 is 5.92. The number of piperazine rings is 1. The van der Waals surface area contributed by atoms with E-state index in [0.717, 1.165) is 51.6 Å². The van der Waals surface area contributed by atoms with Crippen LogP contribution in [0.4, 0.5) is 0 Å². The highest BCUT2D eigenvalue weighted by molar-refractivity contribution is 5.28. The Morgan fingerprint density at radius 1 is 1.33 bits per heavy atom. The van der Waals surface area contributed by atoms with Crippen LogP contribution in [0.2, 0.25) is 0 Å². The number of ether oxygens (including phenoxy) is 1. The van der Waals surface area contributed by atoms with Gasteiger partial charge in [-0.25, -0.2) is 0 Å². The van der Waals surface area contributed by atoms with Crippen LogP contribution in [0.15, 0.2) is 24.3 Å². The lowest BCUT2D eigenvalue weighted by atomic mass is 10.2. The maximum absolute atomic E-state index is 5.92. The topological polar surface area (TPSA) is 27.7 Å². The van der Waals surface area contributed by atoms with E-state index in [1.54, 1.807) is 0 Å². The summed E-state index contributed by atoms with van der Waals surface area (Å²) in [6.45, 7) is 11.5. The second-order valence-electron chi connectivity index (χ2n) is 5.92. The fourth-order valence-corrected chi connectivity index (χ4v) is 2.80. The van der Waals surface area contributed by atoms with Gasteiger partial charge in [-0.1, -0.05) is 19.1 Å². The van der Waals surface area contributed by atoms with Crippen molar-refractivity contribution in [2.75, 3.05) is 46.4 Å². The molecule has 1 aromatic carbocycles. The molecule has 0 spiro atoms. The highest BCUT2D eigenvalue weighted by atomic mass is 16.5. The molecular formula is C17H29N3O. The van der Waals surface area contributed by atoms with Crippen molar-refractivity contribution < 1.29 is 4.74 Å². The normalized spacial score (nSPS) is 20.6. The van der Waals surface area contributed by atoms with Gasteiger partial charge < -0.3 is 15.0 Å². The fourth-order valence-electron chi connectivity index (χ4n) is 2.80. The van der Waals surface area contributed by atoms with E-state index in [4.69, 9.17) is 4.74 Å². The lowest BCUT2D eigenvalue weighted by Gasteiger charge is -2.38. The molecule has 1 aliphatic rings. The summed E-state index contributed by atoms with van der Waals surface area (Å²) in [6, 6.07) is 9.00. The van der Waals surface area contributed by atoms with E-state index in [1.165, 1.54) is 5.56 Å². The molecule has 1 aliphatic heterocycles. The molecule has 21 heavy (non-hydrogen) atoms. The van der Waals surface area contributed by atoms with Crippen molar-refractivity contribution in [3.8, 4) is 5.75 Å². The summed E-state index contributed by atoms with van der Waals surface area (Å²) in [5.41, 5.74) is 1.28. The number of nitrogens with zero attached hydrogens (tertiary/aromatic N) is 2. The number of nitrogens with one attached hydrogen (secondary N) is 1. The minimum absolute atomic E-state index is 0.618. The summed E-state index contributed by atoms with van der Waals surface area (Å²) in [4.78, 5) is 4.91. The Bertz CT molecular complexity index is 424. The van der Waals surface area contributed by atoms with E-state index in [-0.39, 0.29) is 0 Å². The number of hydrogen-bond donors (Lipinski definition) is 1. The van der Waals surface area contributed by atoms with Crippen LogP contribution >= 0.6 is 0 Å². The third-order valence-corrected chi connectivity index (χ3v) is 4.09. The molecule has 1 aromatic rings. The van der Waals surface area contributed by atoms with Gasteiger partial charge in [-0.3, -0.25) is 4.90 Å². The highest BCUT2D eigenvalue weighted by Crippen LogP contribution is 2.14. The van der Waals surface area contributed by atoms with Crippen LogP contribution in [0, 0.1) is 0 Å². The van der Waals surface area contributed by atoms with Gasteiger partial charge in [-0.15, -0.1) is 0 Å². The Morgan fingerprint density at radius 2 is 2.19 bits per heavy atom. The first-order valence-electron chi connectivity index (χ1n) is 8.04. The van der Waals surface area contributed by atoms with E-state index in [2.05, 4.69) is 54.2 Å². The molecule has 2 rings (SSSR count). The average molecular weight is 291 g/mol. The molecule has 1 fully saturated rings. The highest BCUT2D eigenvalue weighted by Gasteiger charge is 2.20. The summed E-state index contributed by atoms with van der Waals surface area (Å²) in [5, 5.41) is 3.34. The quantitative estimate of drug-likeness (QED) is 0.829. The van der Waals surface area contributed by atoms with Gasteiger partial charge in [-0.05, 0) is 38.2 Å². The predicted octanol–water partition coefficient (Wildman–Crippen LogP) is 1.81.